The molecule has 7 heteroatoms. The second kappa shape index (κ2) is 7.32. The van der Waals surface area contributed by atoms with E-state index in [1.165, 1.54) is 0 Å². The molecule has 1 amide bonds. The van der Waals surface area contributed by atoms with Gasteiger partial charge >= 0.3 is 0 Å². The molecule has 4 nitrogen and oxygen atoms in total. The van der Waals surface area contributed by atoms with Crippen molar-refractivity contribution in [2.75, 3.05) is 13.7 Å². The van der Waals surface area contributed by atoms with Gasteiger partial charge in [-0.2, -0.15) is 0 Å². The minimum absolute atomic E-state index is 0. The Hall–Kier alpha value is -1.92. The van der Waals surface area contributed by atoms with Gasteiger partial charge in [0.25, 0.3) is 5.92 Å². The Morgan fingerprint density at radius 3 is 2.75 bits per heavy atom. The second-order valence-electron chi connectivity index (χ2n) is 5.68. The van der Waals surface area contributed by atoms with Crippen LogP contribution in [0.1, 0.15) is 12.0 Å². The van der Waals surface area contributed by atoms with Crippen molar-refractivity contribution in [3.8, 4) is 5.75 Å². The van der Waals surface area contributed by atoms with E-state index >= 15 is 0 Å². The number of hydrogen-bond acceptors (Lipinski definition) is 3. The van der Waals surface area contributed by atoms with Gasteiger partial charge in [0, 0.05) is 18.5 Å². The van der Waals surface area contributed by atoms with Crippen LogP contribution >= 0.6 is 12.4 Å². The van der Waals surface area contributed by atoms with E-state index in [-0.39, 0.29) is 19.0 Å². The van der Waals surface area contributed by atoms with Crippen LogP contribution in [-0.2, 0) is 11.3 Å². The van der Waals surface area contributed by atoms with Crippen molar-refractivity contribution in [2.24, 2.45) is 0 Å². The van der Waals surface area contributed by atoms with Gasteiger partial charge < -0.3 is 10.1 Å². The third-order valence-electron chi connectivity index (χ3n) is 4.08. The number of nitrogens with one attached hydrogen (secondary N) is 2. The van der Waals surface area contributed by atoms with Gasteiger partial charge in [-0.25, -0.2) is 8.78 Å². The summed E-state index contributed by atoms with van der Waals surface area (Å²) in [6.07, 6.45) is -0.467. The van der Waals surface area contributed by atoms with E-state index in [2.05, 4.69) is 10.6 Å². The van der Waals surface area contributed by atoms with Gasteiger partial charge in [0.15, 0.2) is 0 Å². The highest BCUT2D eigenvalue weighted by atomic mass is 35.5. The summed E-state index contributed by atoms with van der Waals surface area (Å²) in [4.78, 5) is 12.1. The summed E-state index contributed by atoms with van der Waals surface area (Å²) < 4.78 is 31.7. The normalized spacial score (nSPS) is 18.9. The number of carbonyl (C=O) groups excluding carboxylic acids is 1. The molecular formula is C17H19ClF2N2O2. The molecule has 1 fully saturated rings. The van der Waals surface area contributed by atoms with E-state index in [0.717, 1.165) is 16.3 Å². The molecule has 3 rings (SSSR count). The minimum Gasteiger partial charge on any atom is -0.496 e. The molecule has 2 N–H and O–H groups in total. The molecule has 0 aromatic heterocycles. The summed E-state index contributed by atoms with van der Waals surface area (Å²) in [6, 6.07) is 10.7. The molecule has 1 atom stereocenters. The van der Waals surface area contributed by atoms with Crippen LogP contribution in [0.25, 0.3) is 10.8 Å². The molecule has 2 aromatic rings. The average Bonchev–Trinajstić information content (AvgIpc) is 2.92. The van der Waals surface area contributed by atoms with Crippen molar-refractivity contribution in [1.29, 1.82) is 0 Å². The molecule has 0 bridgehead atoms. The molecular weight excluding hydrogens is 338 g/mol. The number of halogens is 3. The first-order valence-electron chi connectivity index (χ1n) is 7.44. The number of fused-ring (bicyclic) bond motifs is 1. The number of rotatable bonds is 4. The molecule has 0 aliphatic carbocycles. The predicted molar refractivity (Wildman–Crippen MR) is 90.9 cm³/mol. The van der Waals surface area contributed by atoms with Gasteiger partial charge in [-0.15, -0.1) is 12.4 Å². The van der Waals surface area contributed by atoms with Crippen LogP contribution in [-0.4, -0.2) is 31.5 Å². The Balaban J connectivity index is 0.00000208. The van der Waals surface area contributed by atoms with Crippen LogP contribution in [0, 0.1) is 0 Å². The molecule has 24 heavy (non-hydrogen) atoms. The quantitative estimate of drug-likeness (QED) is 0.885. The molecule has 1 heterocycles. The van der Waals surface area contributed by atoms with Gasteiger partial charge in [-0.1, -0.05) is 30.3 Å². The molecule has 1 saturated heterocycles. The summed E-state index contributed by atoms with van der Waals surface area (Å²) in [5.74, 6) is -2.58. The van der Waals surface area contributed by atoms with Crippen LogP contribution in [0.5, 0.6) is 5.75 Å². The number of amides is 1. The first kappa shape index (κ1) is 18.4. The van der Waals surface area contributed by atoms with E-state index in [4.69, 9.17) is 4.74 Å². The molecule has 0 spiro atoms. The van der Waals surface area contributed by atoms with Crippen molar-refractivity contribution in [3.05, 3.63) is 42.0 Å². The number of methoxy groups -OCH3 is 1. The lowest BCUT2D eigenvalue weighted by Gasteiger charge is -2.15. The Morgan fingerprint density at radius 1 is 1.33 bits per heavy atom. The summed E-state index contributed by atoms with van der Waals surface area (Å²) in [5.41, 5.74) is 0.837. The van der Waals surface area contributed by atoms with Crippen molar-refractivity contribution in [2.45, 2.75) is 24.9 Å². The minimum atomic E-state index is -2.82. The summed E-state index contributed by atoms with van der Waals surface area (Å²) in [7, 11) is 1.56. The number of alkyl halides is 2. The first-order chi connectivity index (χ1) is 11.0. The lowest BCUT2D eigenvalue weighted by molar-refractivity contribution is -0.123. The van der Waals surface area contributed by atoms with Gasteiger partial charge in [0.2, 0.25) is 5.91 Å². The van der Waals surface area contributed by atoms with Crippen LogP contribution < -0.4 is 15.4 Å². The zero-order valence-electron chi connectivity index (χ0n) is 13.1. The Labute approximate surface area is 145 Å². The lowest BCUT2D eigenvalue weighted by Crippen LogP contribution is -2.40. The number of hydrogen-bond donors (Lipinski definition) is 2. The van der Waals surface area contributed by atoms with E-state index in [0.29, 0.717) is 5.75 Å². The highest BCUT2D eigenvalue weighted by molar-refractivity contribution is 5.89. The molecule has 130 valence electrons. The summed E-state index contributed by atoms with van der Waals surface area (Å²) in [5, 5.41) is 7.29. The van der Waals surface area contributed by atoms with E-state index in [1.807, 2.05) is 36.4 Å². The maximum Gasteiger partial charge on any atom is 0.262 e. The third kappa shape index (κ3) is 3.76. The first-order valence-corrected chi connectivity index (χ1v) is 7.44. The zero-order valence-corrected chi connectivity index (χ0v) is 14.0. The predicted octanol–water partition coefficient (Wildman–Crippen LogP) is 2.88. The number of ether oxygens (including phenoxy) is 1. The monoisotopic (exact) mass is 356 g/mol. The van der Waals surface area contributed by atoms with Crippen molar-refractivity contribution in [3.63, 3.8) is 0 Å². The molecule has 2 aromatic carbocycles. The van der Waals surface area contributed by atoms with Crippen molar-refractivity contribution >= 4 is 29.1 Å². The number of carbonyl (C=O) groups is 1. The Morgan fingerprint density at radius 2 is 2.08 bits per heavy atom. The second-order valence-corrected chi connectivity index (χ2v) is 5.68. The Bertz CT molecular complexity index is 740. The van der Waals surface area contributed by atoms with Crippen LogP contribution in [0.4, 0.5) is 8.78 Å². The van der Waals surface area contributed by atoms with Crippen LogP contribution in [0.3, 0.4) is 0 Å². The van der Waals surface area contributed by atoms with Crippen LogP contribution in [0.2, 0.25) is 0 Å². The van der Waals surface area contributed by atoms with Crippen molar-refractivity contribution < 1.29 is 18.3 Å². The van der Waals surface area contributed by atoms with Crippen LogP contribution in [0.15, 0.2) is 36.4 Å². The highest BCUT2D eigenvalue weighted by Crippen LogP contribution is 2.28. The standard InChI is InChI=1S/C17H18F2N2O2.ClH/c1-23-15-7-6-11-4-2-3-5-12(11)13(15)9-20-16(22)14-8-17(18,19)10-21-14;/h2-7,14,21H,8-10H2,1H3,(H,20,22);1H. The van der Waals surface area contributed by atoms with Gasteiger partial charge in [0.05, 0.1) is 19.7 Å². The summed E-state index contributed by atoms with van der Waals surface area (Å²) in [6.45, 7) is -0.226. The fourth-order valence-electron chi connectivity index (χ4n) is 2.89. The molecule has 1 unspecified atom stereocenters. The summed E-state index contributed by atoms with van der Waals surface area (Å²) >= 11 is 0. The van der Waals surface area contributed by atoms with Crippen molar-refractivity contribution in [1.82, 2.24) is 10.6 Å². The maximum absolute atomic E-state index is 13.2. The molecule has 0 saturated carbocycles. The maximum atomic E-state index is 13.2. The lowest BCUT2D eigenvalue weighted by atomic mass is 10.0. The fraction of sp³-hybridized carbons (Fsp3) is 0.353. The number of benzene rings is 2. The van der Waals surface area contributed by atoms with E-state index < -0.39 is 30.8 Å². The van der Waals surface area contributed by atoms with Gasteiger partial charge in [-0.05, 0) is 16.8 Å². The topological polar surface area (TPSA) is 50.4 Å². The highest BCUT2D eigenvalue weighted by Gasteiger charge is 2.42. The van der Waals surface area contributed by atoms with Gasteiger partial charge in [0.1, 0.15) is 5.75 Å². The Kier molecular flexibility index (Phi) is 5.62. The third-order valence-corrected chi connectivity index (χ3v) is 4.08. The average molecular weight is 357 g/mol. The van der Waals surface area contributed by atoms with Gasteiger partial charge in [-0.3, -0.25) is 10.1 Å². The largest absolute Gasteiger partial charge is 0.496 e. The molecule has 1 aliphatic rings. The zero-order chi connectivity index (χ0) is 16.4. The molecule has 1 aliphatic heterocycles. The van der Waals surface area contributed by atoms with E-state index in [1.54, 1.807) is 7.11 Å². The molecule has 0 radical (unpaired) electrons. The smallest absolute Gasteiger partial charge is 0.262 e. The fourth-order valence-corrected chi connectivity index (χ4v) is 2.89. The SMILES string of the molecule is COc1ccc2ccccc2c1CNC(=O)C1CC(F)(F)CN1.Cl. The van der Waals surface area contributed by atoms with E-state index in [9.17, 15) is 13.6 Å².